The molecule has 1 N–H and O–H groups in total. The molecule has 0 saturated carbocycles. The molecule has 0 bridgehead atoms. The van der Waals surface area contributed by atoms with Crippen molar-refractivity contribution in [2.75, 3.05) is 0 Å². The van der Waals surface area contributed by atoms with Crippen LogP contribution < -0.4 is 0 Å². The monoisotopic (exact) mass is 253 g/mol. The van der Waals surface area contributed by atoms with Crippen molar-refractivity contribution in [1.29, 1.82) is 0 Å². The summed E-state index contributed by atoms with van der Waals surface area (Å²) in [6.45, 7) is 0. The molecule has 1 atom stereocenters. The maximum Gasteiger partial charge on any atom is 0.160 e. The quantitative estimate of drug-likeness (QED) is 0.676. The van der Waals surface area contributed by atoms with Gasteiger partial charge in [-0.15, -0.1) is 11.3 Å². The summed E-state index contributed by atoms with van der Waals surface area (Å²) in [5.74, 6) is 0. The molecule has 3 nitrogen and oxygen atoms in total. The first-order valence-corrected chi connectivity index (χ1v) is 5.80. The highest BCUT2D eigenvalue weighted by molar-refractivity contribution is 7.11. The van der Waals surface area contributed by atoms with Crippen molar-refractivity contribution in [3.8, 4) is 0 Å². The number of aldehydes is 1. The third-order valence-corrected chi connectivity index (χ3v) is 3.18. The molecule has 2 aromatic rings. The number of hydrogen-bond acceptors (Lipinski definition) is 4. The first-order chi connectivity index (χ1) is 7.70. The number of pyridine rings is 1. The SMILES string of the molecule is O=Cc1cc([C@H](O)c2cccc(Cl)n2)cs1. The molecule has 0 fully saturated rings. The lowest BCUT2D eigenvalue weighted by Crippen LogP contribution is -2.00. The predicted molar refractivity (Wildman–Crippen MR) is 63.0 cm³/mol. The van der Waals surface area contributed by atoms with E-state index in [2.05, 4.69) is 4.98 Å². The second-order valence-corrected chi connectivity index (χ2v) is 4.52. The molecule has 0 spiro atoms. The van der Waals surface area contributed by atoms with Crippen LogP contribution in [0.25, 0.3) is 0 Å². The maximum atomic E-state index is 10.5. The van der Waals surface area contributed by atoms with Crippen molar-refractivity contribution in [3.05, 3.63) is 50.9 Å². The lowest BCUT2D eigenvalue weighted by molar-refractivity contribution is 0.112. The van der Waals surface area contributed by atoms with Gasteiger partial charge in [0, 0.05) is 0 Å². The number of carbonyl (C=O) groups is 1. The van der Waals surface area contributed by atoms with Crippen LogP contribution in [0.15, 0.2) is 29.6 Å². The van der Waals surface area contributed by atoms with Gasteiger partial charge in [-0.1, -0.05) is 17.7 Å². The lowest BCUT2D eigenvalue weighted by atomic mass is 10.1. The van der Waals surface area contributed by atoms with Gasteiger partial charge >= 0.3 is 0 Å². The first kappa shape index (κ1) is 11.3. The van der Waals surface area contributed by atoms with Gasteiger partial charge in [-0.25, -0.2) is 4.98 Å². The Bertz CT molecular complexity index is 512. The minimum absolute atomic E-state index is 0.336. The average molecular weight is 254 g/mol. The summed E-state index contributed by atoms with van der Waals surface area (Å²) < 4.78 is 0. The molecule has 0 aliphatic carbocycles. The molecule has 2 heterocycles. The molecular formula is C11H8ClNO2S. The Labute approximate surface area is 101 Å². The number of aliphatic hydroxyl groups excluding tert-OH is 1. The number of halogens is 1. The second-order valence-electron chi connectivity index (χ2n) is 3.19. The van der Waals surface area contributed by atoms with Gasteiger partial charge in [0.1, 0.15) is 11.3 Å². The molecule has 0 unspecified atom stereocenters. The summed E-state index contributed by atoms with van der Waals surface area (Å²) in [6, 6.07) is 6.70. The third kappa shape index (κ3) is 2.29. The Morgan fingerprint density at radius 3 is 2.94 bits per heavy atom. The van der Waals surface area contributed by atoms with Gasteiger partial charge in [-0.2, -0.15) is 0 Å². The fourth-order valence-electron chi connectivity index (χ4n) is 1.32. The number of carbonyl (C=O) groups excluding carboxylic acids is 1. The molecule has 0 amide bonds. The van der Waals surface area contributed by atoms with E-state index in [1.165, 1.54) is 11.3 Å². The molecule has 5 heteroatoms. The van der Waals surface area contributed by atoms with E-state index in [9.17, 15) is 9.90 Å². The van der Waals surface area contributed by atoms with Crippen molar-refractivity contribution < 1.29 is 9.90 Å². The van der Waals surface area contributed by atoms with Gasteiger partial charge in [0.25, 0.3) is 0 Å². The number of aliphatic hydroxyl groups is 1. The largest absolute Gasteiger partial charge is 0.382 e. The number of rotatable bonds is 3. The van der Waals surface area contributed by atoms with Crippen LogP contribution in [0.4, 0.5) is 0 Å². The molecule has 0 radical (unpaired) electrons. The van der Waals surface area contributed by atoms with Crippen LogP contribution in [-0.2, 0) is 0 Å². The lowest BCUT2D eigenvalue weighted by Gasteiger charge is -2.07. The number of nitrogens with zero attached hydrogens (tertiary/aromatic N) is 1. The van der Waals surface area contributed by atoms with E-state index in [1.807, 2.05) is 0 Å². The van der Waals surface area contributed by atoms with Gasteiger partial charge in [-0.05, 0) is 29.1 Å². The predicted octanol–water partition coefficient (Wildman–Crippen LogP) is 2.69. The fourth-order valence-corrected chi connectivity index (χ4v) is 2.22. The second kappa shape index (κ2) is 4.74. The molecule has 0 aliphatic rings. The van der Waals surface area contributed by atoms with Crippen LogP contribution in [0, 0.1) is 0 Å². The fraction of sp³-hybridized carbons (Fsp3) is 0.0909. The number of thiophene rings is 1. The van der Waals surface area contributed by atoms with E-state index in [0.717, 1.165) is 6.29 Å². The van der Waals surface area contributed by atoms with Crippen LogP contribution in [0.2, 0.25) is 5.15 Å². The molecule has 0 saturated heterocycles. The van der Waals surface area contributed by atoms with E-state index in [0.29, 0.717) is 21.3 Å². The Kier molecular flexibility index (Phi) is 3.33. The molecule has 2 aromatic heterocycles. The van der Waals surface area contributed by atoms with Crippen LogP contribution in [0.3, 0.4) is 0 Å². The smallest absolute Gasteiger partial charge is 0.160 e. The van der Waals surface area contributed by atoms with Gasteiger partial charge < -0.3 is 5.11 Å². The van der Waals surface area contributed by atoms with Crippen LogP contribution >= 0.6 is 22.9 Å². The van der Waals surface area contributed by atoms with Crippen molar-refractivity contribution in [3.63, 3.8) is 0 Å². The highest BCUT2D eigenvalue weighted by atomic mass is 35.5. The molecule has 16 heavy (non-hydrogen) atoms. The van der Waals surface area contributed by atoms with Gasteiger partial charge in [0.2, 0.25) is 0 Å². The van der Waals surface area contributed by atoms with Crippen LogP contribution in [-0.4, -0.2) is 16.4 Å². The summed E-state index contributed by atoms with van der Waals surface area (Å²) in [5, 5.41) is 12.1. The average Bonchev–Trinajstić information content (AvgIpc) is 2.76. The van der Waals surface area contributed by atoms with Crippen LogP contribution in [0.1, 0.15) is 27.0 Å². The molecule has 0 aromatic carbocycles. The molecule has 0 aliphatic heterocycles. The van der Waals surface area contributed by atoms with Gasteiger partial charge in [-0.3, -0.25) is 4.79 Å². The Balaban J connectivity index is 2.31. The Hall–Kier alpha value is -1.23. The van der Waals surface area contributed by atoms with Gasteiger partial charge in [0.05, 0.1) is 10.6 Å². The van der Waals surface area contributed by atoms with E-state index in [4.69, 9.17) is 11.6 Å². The van der Waals surface area contributed by atoms with Crippen molar-refractivity contribution in [2.45, 2.75) is 6.10 Å². The van der Waals surface area contributed by atoms with Crippen molar-refractivity contribution in [2.24, 2.45) is 0 Å². The zero-order valence-corrected chi connectivity index (χ0v) is 9.70. The standard InChI is InChI=1S/C11H8ClNO2S/c12-10-3-1-2-9(13-10)11(15)7-4-8(5-14)16-6-7/h1-6,11,15H/t11-/m0/s1. The molecule has 82 valence electrons. The molecule has 2 rings (SSSR count). The van der Waals surface area contributed by atoms with E-state index >= 15 is 0 Å². The van der Waals surface area contributed by atoms with Crippen molar-refractivity contribution in [1.82, 2.24) is 4.98 Å². The maximum absolute atomic E-state index is 10.5. The summed E-state index contributed by atoms with van der Waals surface area (Å²) in [5.41, 5.74) is 1.13. The van der Waals surface area contributed by atoms with E-state index in [-0.39, 0.29) is 0 Å². The number of aromatic nitrogens is 1. The highest BCUT2D eigenvalue weighted by Crippen LogP contribution is 2.25. The summed E-state index contributed by atoms with van der Waals surface area (Å²) >= 11 is 7.02. The van der Waals surface area contributed by atoms with Crippen molar-refractivity contribution >= 4 is 29.2 Å². The topological polar surface area (TPSA) is 50.2 Å². The molecular weight excluding hydrogens is 246 g/mol. The normalized spacial score (nSPS) is 12.4. The Morgan fingerprint density at radius 1 is 1.50 bits per heavy atom. The third-order valence-electron chi connectivity index (χ3n) is 2.09. The summed E-state index contributed by atoms with van der Waals surface area (Å²) in [4.78, 5) is 15.1. The minimum Gasteiger partial charge on any atom is -0.382 e. The summed E-state index contributed by atoms with van der Waals surface area (Å²) in [7, 11) is 0. The first-order valence-electron chi connectivity index (χ1n) is 4.55. The van der Waals surface area contributed by atoms with E-state index < -0.39 is 6.10 Å². The zero-order chi connectivity index (χ0) is 11.5. The minimum atomic E-state index is -0.844. The summed E-state index contributed by atoms with van der Waals surface area (Å²) in [6.07, 6.45) is -0.0876. The highest BCUT2D eigenvalue weighted by Gasteiger charge is 2.13. The van der Waals surface area contributed by atoms with E-state index in [1.54, 1.807) is 29.6 Å². The van der Waals surface area contributed by atoms with Gasteiger partial charge in [0.15, 0.2) is 6.29 Å². The van der Waals surface area contributed by atoms with Crippen LogP contribution in [0.5, 0.6) is 0 Å². The number of hydrogen-bond donors (Lipinski definition) is 1. The Morgan fingerprint density at radius 2 is 2.31 bits per heavy atom. The zero-order valence-electron chi connectivity index (χ0n) is 8.13.